The summed E-state index contributed by atoms with van der Waals surface area (Å²) in [6.45, 7) is 0. The number of benzene rings is 5. The highest BCUT2D eigenvalue weighted by Gasteiger charge is 2.28. The fourth-order valence-corrected chi connectivity index (χ4v) is 7.44. The maximum Gasteiger partial charge on any atom is 0.234 e. The van der Waals surface area contributed by atoms with Gasteiger partial charge in [0, 0.05) is 48.9 Å². The number of hydrogen-bond donors (Lipinski definition) is 0. The van der Waals surface area contributed by atoms with Gasteiger partial charge in [-0.1, -0.05) is 66.7 Å². The van der Waals surface area contributed by atoms with Gasteiger partial charge in [0.25, 0.3) is 0 Å². The summed E-state index contributed by atoms with van der Waals surface area (Å²) in [6.07, 6.45) is 3.65. The Labute approximate surface area is 209 Å². The van der Waals surface area contributed by atoms with Gasteiger partial charge in [0.15, 0.2) is 0 Å². The molecule has 1 aliphatic carbocycles. The molecule has 0 N–H and O–H groups in total. The van der Waals surface area contributed by atoms with Crippen LogP contribution < -0.4 is 0 Å². The van der Waals surface area contributed by atoms with Crippen molar-refractivity contribution in [2.24, 2.45) is 0 Å². The largest absolute Gasteiger partial charge is 0.278 e. The fourth-order valence-electron chi connectivity index (χ4n) is 6.29. The monoisotopic (exact) mass is 475 g/mol. The van der Waals surface area contributed by atoms with E-state index in [0.29, 0.717) is 5.95 Å². The van der Waals surface area contributed by atoms with Crippen LogP contribution in [0.25, 0.3) is 81.0 Å². The topological polar surface area (TPSA) is 30.7 Å². The Kier molecular flexibility index (Phi) is 3.42. The smallest absolute Gasteiger partial charge is 0.234 e. The van der Waals surface area contributed by atoms with Crippen molar-refractivity contribution in [3.63, 3.8) is 0 Å². The van der Waals surface area contributed by atoms with Crippen LogP contribution in [-0.2, 0) is 0 Å². The van der Waals surface area contributed by atoms with Crippen LogP contribution in [0.3, 0.4) is 0 Å². The van der Waals surface area contributed by atoms with Crippen LogP contribution in [0.4, 0.5) is 0 Å². The Morgan fingerprint density at radius 2 is 1.36 bits per heavy atom. The number of nitrogens with zero attached hydrogens (tertiary/aromatic N) is 3. The van der Waals surface area contributed by atoms with Crippen LogP contribution in [0.2, 0.25) is 0 Å². The van der Waals surface area contributed by atoms with Gasteiger partial charge in [-0.2, -0.15) is 0 Å². The van der Waals surface area contributed by atoms with Crippen molar-refractivity contribution in [2.75, 3.05) is 0 Å². The van der Waals surface area contributed by atoms with Crippen molar-refractivity contribution >= 4 is 64.1 Å². The third-order valence-corrected chi connectivity index (χ3v) is 8.76. The van der Waals surface area contributed by atoms with Gasteiger partial charge < -0.3 is 0 Å². The second-order valence-corrected chi connectivity index (χ2v) is 10.5. The summed E-state index contributed by atoms with van der Waals surface area (Å²) in [6, 6.07) is 33.1. The highest BCUT2D eigenvalue weighted by molar-refractivity contribution is 7.26. The minimum Gasteiger partial charge on any atom is -0.278 e. The average molecular weight is 476 g/mol. The zero-order valence-electron chi connectivity index (χ0n) is 19.1. The molecule has 36 heavy (non-hydrogen) atoms. The highest BCUT2D eigenvalue weighted by atomic mass is 32.1. The Hall–Kier alpha value is -4.54. The van der Waals surface area contributed by atoms with Crippen molar-refractivity contribution in [3.05, 3.63) is 103 Å². The third kappa shape index (κ3) is 2.19. The van der Waals surface area contributed by atoms with Crippen LogP contribution in [0.1, 0.15) is 0 Å². The summed E-state index contributed by atoms with van der Waals surface area (Å²) >= 11 is 1.86. The highest BCUT2D eigenvalue weighted by Crippen LogP contribution is 2.53. The van der Waals surface area contributed by atoms with Gasteiger partial charge in [-0.3, -0.25) is 4.57 Å². The first-order valence-corrected chi connectivity index (χ1v) is 12.9. The lowest BCUT2D eigenvalue weighted by Crippen LogP contribution is -2.00. The van der Waals surface area contributed by atoms with E-state index in [1.54, 1.807) is 0 Å². The summed E-state index contributed by atoms with van der Waals surface area (Å²) in [5.41, 5.74) is 7.48. The van der Waals surface area contributed by atoms with E-state index in [4.69, 9.17) is 9.97 Å². The van der Waals surface area contributed by atoms with Gasteiger partial charge in [-0.25, -0.2) is 9.97 Å². The van der Waals surface area contributed by atoms with Crippen LogP contribution in [0, 0.1) is 0 Å². The number of thiophene rings is 1. The number of aromatic nitrogens is 3. The van der Waals surface area contributed by atoms with E-state index < -0.39 is 0 Å². The van der Waals surface area contributed by atoms with Crippen molar-refractivity contribution in [2.45, 2.75) is 0 Å². The molecular weight excluding hydrogens is 458 g/mol. The van der Waals surface area contributed by atoms with Crippen LogP contribution >= 0.6 is 11.3 Å². The van der Waals surface area contributed by atoms with E-state index >= 15 is 0 Å². The molecule has 0 atom stereocenters. The van der Waals surface area contributed by atoms with Gasteiger partial charge in [-0.05, 0) is 51.7 Å². The average Bonchev–Trinajstić information content (AvgIpc) is 3.43. The van der Waals surface area contributed by atoms with E-state index in [1.165, 1.54) is 64.0 Å². The number of hydrogen-bond acceptors (Lipinski definition) is 3. The maximum absolute atomic E-state index is 4.69. The lowest BCUT2D eigenvalue weighted by atomic mass is 9.91. The Morgan fingerprint density at radius 3 is 2.28 bits per heavy atom. The molecule has 0 radical (unpaired) electrons. The predicted molar refractivity (Wildman–Crippen MR) is 151 cm³/mol. The van der Waals surface area contributed by atoms with E-state index in [-0.39, 0.29) is 0 Å². The standard InChI is InChI=1S/C32H17N3S/c1-2-9-21-19(8-1)20-11-5-7-18-13-14-23-30(27(18)20)31-24(35(23)32-33-15-6-16-34-32)17-26-28(29(21)31)22-10-3-4-12-25(22)36-26/h1-17H. The molecule has 4 heteroatoms. The molecule has 0 aliphatic heterocycles. The van der Waals surface area contributed by atoms with Gasteiger partial charge in [0.2, 0.25) is 5.95 Å². The molecule has 0 saturated heterocycles. The zero-order valence-corrected chi connectivity index (χ0v) is 19.9. The molecule has 166 valence electrons. The molecule has 0 saturated carbocycles. The molecule has 8 aromatic rings. The molecule has 9 rings (SSSR count). The van der Waals surface area contributed by atoms with Gasteiger partial charge >= 0.3 is 0 Å². The second kappa shape index (κ2) is 6.56. The molecule has 3 nitrogen and oxygen atoms in total. The molecule has 3 heterocycles. The first-order chi connectivity index (χ1) is 17.9. The molecule has 0 amide bonds. The lowest BCUT2D eigenvalue weighted by Gasteiger charge is -2.14. The van der Waals surface area contributed by atoms with Gasteiger partial charge in [-0.15, -0.1) is 11.3 Å². The van der Waals surface area contributed by atoms with E-state index in [9.17, 15) is 0 Å². The minimum absolute atomic E-state index is 0.703. The van der Waals surface area contributed by atoms with E-state index in [0.717, 1.165) is 11.0 Å². The fraction of sp³-hybridized carbons (Fsp3) is 0. The molecule has 1 aliphatic rings. The molecule has 0 spiro atoms. The zero-order chi connectivity index (χ0) is 23.4. The summed E-state index contributed by atoms with van der Waals surface area (Å²) in [7, 11) is 0. The van der Waals surface area contributed by atoms with Crippen LogP contribution in [0.15, 0.2) is 103 Å². The number of rotatable bonds is 1. The summed E-state index contributed by atoms with van der Waals surface area (Å²) in [4.78, 5) is 9.39. The molecule has 0 bridgehead atoms. The lowest BCUT2D eigenvalue weighted by molar-refractivity contribution is 0.989. The van der Waals surface area contributed by atoms with E-state index in [2.05, 4.69) is 89.5 Å². The maximum atomic E-state index is 4.69. The first kappa shape index (κ1) is 18.7. The Balaban J connectivity index is 1.68. The third-order valence-electron chi connectivity index (χ3n) is 7.64. The summed E-state index contributed by atoms with van der Waals surface area (Å²) in [5.74, 6) is 0.703. The van der Waals surface area contributed by atoms with Crippen molar-refractivity contribution in [1.29, 1.82) is 0 Å². The van der Waals surface area contributed by atoms with Crippen molar-refractivity contribution in [3.8, 4) is 28.2 Å². The first-order valence-electron chi connectivity index (χ1n) is 12.1. The normalized spacial score (nSPS) is 12.4. The molecular formula is C32H17N3S. The van der Waals surface area contributed by atoms with Crippen LogP contribution in [-0.4, -0.2) is 14.5 Å². The Bertz CT molecular complexity index is 2200. The quantitative estimate of drug-likeness (QED) is 0.238. The van der Waals surface area contributed by atoms with Gasteiger partial charge in [0.1, 0.15) is 0 Å². The minimum atomic E-state index is 0.703. The molecule has 0 fully saturated rings. The second-order valence-electron chi connectivity index (χ2n) is 9.41. The summed E-state index contributed by atoms with van der Waals surface area (Å²) < 4.78 is 4.85. The van der Waals surface area contributed by atoms with E-state index in [1.807, 2.05) is 29.8 Å². The molecule has 5 aromatic carbocycles. The van der Waals surface area contributed by atoms with Crippen molar-refractivity contribution < 1.29 is 0 Å². The predicted octanol–water partition coefficient (Wildman–Crippen LogP) is 8.74. The van der Waals surface area contributed by atoms with Gasteiger partial charge in [0.05, 0.1) is 11.0 Å². The Morgan fingerprint density at radius 1 is 0.556 bits per heavy atom. The molecule has 0 unspecified atom stereocenters. The van der Waals surface area contributed by atoms with Crippen molar-refractivity contribution in [1.82, 2.24) is 14.5 Å². The number of fused-ring (bicyclic) bond motifs is 7. The molecule has 3 aromatic heterocycles. The SMILES string of the molecule is c1cnc(-n2c3cc4sc5ccccc5c4c4c3c3c5c(cccc5ccc32)-c2ccccc2-4)nc1. The summed E-state index contributed by atoms with van der Waals surface area (Å²) in [5, 5.41) is 7.80. The van der Waals surface area contributed by atoms with Crippen LogP contribution in [0.5, 0.6) is 0 Å².